The number of pyridine rings is 4. The molecule has 2 saturated heterocycles. The van der Waals surface area contributed by atoms with Gasteiger partial charge in [-0.05, 0) is 150 Å². The molecule has 0 saturated carbocycles. The number of piperidine rings is 1. The number of phenols is 1. The average Bonchev–Trinajstić information content (AvgIpc) is 0.709. The van der Waals surface area contributed by atoms with Crippen LogP contribution in [0.5, 0.6) is 11.5 Å². The summed E-state index contributed by atoms with van der Waals surface area (Å²) in [5.74, 6) is -7.01. The molecule has 0 spiro atoms. The van der Waals surface area contributed by atoms with Crippen LogP contribution in [0.1, 0.15) is 130 Å². The number of piperazine rings is 1. The van der Waals surface area contributed by atoms with E-state index in [1.54, 1.807) is 36.4 Å². The second kappa shape index (κ2) is 28.0. The molecule has 4 aliphatic rings. The molecule has 540 valence electrons. The smallest absolute Gasteiger partial charge is 0.410 e. The van der Waals surface area contributed by atoms with Crippen molar-refractivity contribution in [3.05, 3.63) is 151 Å². The van der Waals surface area contributed by atoms with E-state index in [1.165, 1.54) is 40.5 Å². The molecule has 4 aliphatic heterocycles. The average molecular weight is 1410 g/mol. The first-order valence-corrected chi connectivity index (χ1v) is 37.7. The lowest BCUT2D eigenvalue weighted by Crippen LogP contribution is -2.65. The normalized spacial score (nSPS) is 17.9. The molecule has 8 heterocycles. The molecule has 0 radical (unpaired) electrons. The summed E-state index contributed by atoms with van der Waals surface area (Å²) in [6.07, 6.45) is 4.58. The number of phenolic OH excluding ortho intramolecular Hbond substituents is 1. The SMILES string of the molecule is COc1cccc(F)c1-c1c(F)cc2c3c(c(=O)n(-c4c(C)ccnc4C(C)C)c2c1F)N(CCO[Si](C)(C)C(C)(C)C)C[C@H]1CN(C(=O)OC(C)(C)C)[C@H](C)CN31.Cc1ccnc(C(C)C)c1-n1c(=O)c2c(c3cc(F)c(-c4c(O)cccc4F)c(F)c31)N1C[C@@H](C)CC[C@@H]1CN2CCO. The van der Waals surface area contributed by atoms with E-state index in [4.69, 9.17) is 13.9 Å². The topological polar surface area (TPSA) is 171 Å². The second-order valence-electron chi connectivity index (χ2n) is 30.5. The highest BCUT2D eigenvalue weighted by molar-refractivity contribution is 6.74. The van der Waals surface area contributed by atoms with Gasteiger partial charge in [0.1, 0.15) is 51.7 Å². The number of aliphatic hydroxyl groups is 1. The van der Waals surface area contributed by atoms with Gasteiger partial charge in [0.2, 0.25) is 0 Å². The molecule has 101 heavy (non-hydrogen) atoms. The van der Waals surface area contributed by atoms with E-state index in [2.05, 4.69) is 55.7 Å². The number of anilines is 4. The van der Waals surface area contributed by atoms with E-state index in [0.717, 1.165) is 37.1 Å². The highest BCUT2D eigenvalue weighted by Crippen LogP contribution is 2.50. The summed E-state index contributed by atoms with van der Waals surface area (Å²) in [7, 11) is -0.923. The predicted octanol–water partition coefficient (Wildman–Crippen LogP) is 15.6. The molecule has 1 amide bonds. The Kier molecular flexibility index (Phi) is 20.4. The molecule has 12 rings (SSSR count). The predicted molar refractivity (Wildman–Crippen MR) is 389 cm³/mol. The van der Waals surface area contributed by atoms with E-state index in [-0.39, 0.29) is 94.0 Å². The van der Waals surface area contributed by atoms with Crippen LogP contribution in [-0.4, -0.2) is 138 Å². The van der Waals surface area contributed by atoms with Crippen LogP contribution in [0.15, 0.2) is 82.6 Å². The van der Waals surface area contributed by atoms with Crippen LogP contribution >= 0.6 is 0 Å². The highest BCUT2D eigenvalue weighted by Gasteiger charge is 2.46. The summed E-state index contributed by atoms with van der Waals surface area (Å²) in [4.78, 5) is 62.8. The summed E-state index contributed by atoms with van der Waals surface area (Å²) in [5, 5.41) is 20.7. The van der Waals surface area contributed by atoms with Gasteiger partial charge < -0.3 is 48.6 Å². The number of rotatable bonds is 13. The standard InChI is InChI=1S/C44H58F3N5O5Si.C33H35F3N4O3/c1-25(2)36-37(26(3)17-18-48-36)52-38-29(21-31(46)34(35(38)47)33-30(45)15-14-16-32(33)55-11)39-40(41(52)53)49(19-20-56-58(12,13)44(8,9)10)23-28-24-50(27(4)22-51(28)39)42(54)57-43(5,6)7;1-17(2)28-29(19(4)10-11-37-28)40-30-21(14-23(35)26(27(30)36)25-22(34)6-5-7-24(25)42)31-32(33(40)43)38(12-13-41)16-20-9-8-18(3)15-39(20)31/h14-18,21,25,27-28H,19-20,22-24H2,1-13H3;5-7,10-11,14,17-18,20,41-42H,8-9,12-13,15-16H2,1-4H3/t27-,28+;18-,20+/m10/s1. The lowest BCUT2D eigenvalue weighted by Gasteiger charge is -2.52. The third kappa shape index (κ3) is 13.3. The number of nitrogens with zero attached hydrogens (tertiary/aromatic N) is 9. The number of aromatic nitrogens is 4. The van der Waals surface area contributed by atoms with Crippen molar-refractivity contribution in [2.24, 2.45) is 5.92 Å². The molecule has 17 nitrogen and oxygen atoms in total. The maximum absolute atomic E-state index is 17.9. The fourth-order valence-electron chi connectivity index (χ4n) is 14.7. The zero-order valence-electron chi connectivity index (χ0n) is 60.8. The summed E-state index contributed by atoms with van der Waals surface area (Å²) in [5.41, 5.74) is -0.296. The van der Waals surface area contributed by atoms with Crippen molar-refractivity contribution < 1.29 is 55.2 Å². The Labute approximate surface area is 587 Å². The van der Waals surface area contributed by atoms with Crippen molar-refractivity contribution >= 4 is 59.0 Å². The van der Waals surface area contributed by atoms with Crippen molar-refractivity contribution in [2.45, 2.75) is 163 Å². The first kappa shape index (κ1) is 73.6. The second-order valence-corrected chi connectivity index (χ2v) is 35.4. The zero-order chi connectivity index (χ0) is 73.5. The van der Waals surface area contributed by atoms with Gasteiger partial charge in [-0.25, -0.2) is 31.1 Å². The first-order chi connectivity index (χ1) is 47.5. The third-order valence-corrected chi connectivity index (χ3v) is 25.2. The largest absolute Gasteiger partial charge is 0.507 e. The number of carbonyl (C=O) groups is 1. The molecule has 8 aromatic rings. The van der Waals surface area contributed by atoms with Crippen molar-refractivity contribution in [2.75, 3.05) is 85.7 Å². The number of fused-ring (bicyclic) bond motifs is 10. The van der Waals surface area contributed by atoms with Gasteiger partial charge in [-0.15, -0.1) is 0 Å². The van der Waals surface area contributed by atoms with E-state index in [1.807, 2.05) is 77.0 Å². The molecular weight excluding hydrogens is 1320 g/mol. The molecule has 24 heteroatoms. The zero-order valence-corrected chi connectivity index (χ0v) is 61.8. The van der Waals surface area contributed by atoms with Gasteiger partial charge in [0.15, 0.2) is 20.0 Å². The van der Waals surface area contributed by atoms with Crippen molar-refractivity contribution in [3.8, 4) is 45.1 Å². The molecule has 0 unspecified atom stereocenters. The number of aliphatic hydroxyl groups excluding tert-OH is 1. The maximum atomic E-state index is 17.9. The number of carbonyl (C=O) groups excluding carboxylic acids is 1. The minimum absolute atomic E-state index is 0.0264. The number of hydrogen-bond acceptors (Lipinski definition) is 14. The lowest BCUT2D eigenvalue weighted by atomic mass is 9.89. The van der Waals surface area contributed by atoms with Crippen LogP contribution in [0.4, 0.5) is 53.9 Å². The summed E-state index contributed by atoms with van der Waals surface area (Å²) < 4.78 is 119. The summed E-state index contributed by atoms with van der Waals surface area (Å²) in [6, 6.07) is 12.4. The molecule has 4 aromatic heterocycles. The summed E-state index contributed by atoms with van der Waals surface area (Å²) >= 11 is 0. The Morgan fingerprint density at radius 1 is 0.624 bits per heavy atom. The Balaban J connectivity index is 0.000000212. The number of amides is 1. The number of β-amino-alcohol motifs (C(OH)–C–C–N with tert-alkyl or cyclic N) is 1. The van der Waals surface area contributed by atoms with Gasteiger partial charge in [-0.1, -0.05) is 67.5 Å². The van der Waals surface area contributed by atoms with E-state index in [0.29, 0.717) is 78.1 Å². The number of aromatic hydroxyl groups is 1. The van der Waals surface area contributed by atoms with E-state index >= 15 is 31.1 Å². The molecule has 0 bridgehead atoms. The van der Waals surface area contributed by atoms with Crippen LogP contribution in [-0.2, 0) is 9.16 Å². The molecular formula is C77H93F6N9O8Si. The Morgan fingerprint density at radius 3 is 1.61 bits per heavy atom. The first-order valence-electron chi connectivity index (χ1n) is 34.7. The third-order valence-electron chi connectivity index (χ3n) is 20.6. The molecule has 4 atom stereocenters. The number of methoxy groups -OCH3 is 1. The van der Waals surface area contributed by atoms with Gasteiger partial charge in [-0.2, -0.15) is 0 Å². The van der Waals surface area contributed by atoms with Gasteiger partial charge in [0.05, 0.1) is 93.8 Å². The molecule has 2 fully saturated rings. The fraction of sp³-hybridized carbons (Fsp3) is 0.468. The monoisotopic (exact) mass is 1410 g/mol. The molecule has 0 aliphatic carbocycles. The maximum Gasteiger partial charge on any atom is 0.410 e. The fourth-order valence-corrected chi connectivity index (χ4v) is 15.8. The number of ether oxygens (including phenoxy) is 2. The Morgan fingerprint density at radius 2 is 1.12 bits per heavy atom. The van der Waals surface area contributed by atoms with E-state index < -0.39 is 106 Å². The van der Waals surface area contributed by atoms with Gasteiger partial charge in [0.25, 0.3) is 11.1 Å². The number of benzene rings is 4. The number of aryl methyl sites for hydroxylation is 2. The number of hydrogen-bond donors (Lipinski definition) is 2. The van der Waals surface area contributed by atoms with Gasteiger partial charge in [0, 0.05) is 81.1 Å². The van der Waals surface area contributed by atoms with Crippen molar-refractivity contribution in [1.82, 2.24) is 24.0 Å². The minimum atomic E-state index is -2.23. The van der Waals surface area contributed by atoms with Crippen LogP contribution in [0.3, 0.4) is 0 Å². The quantitative estimate of drug-likeness (QED) is 0.0825. The van der Waals surface area contributed by atoms with Crippen molar-refractivity contribution in [3.63, 3.8) is 0 Å². The van der Waals surface area contributed by atoms with E-state index in [9.17, 15) is 19.8 Å². The Bertz CT molecular complexity index is 4670. The Hall–Kier alpha value is -8.61. The molecule has 2 N–H and O–H groups in total. The molecule has 4 aromatic carbocycles. The van der Waals surface area contributed by atoms with Gasteiger partial charge >= 0.3 is 6.09 Å². The van der Waals surface area contributed by atoms with Crippen LogP contribution in [0.25, 0.3) is 55.4 Å². The van der Waals surface area contributed by atoms with Crippen molar-refractivity contribution in [1.29, 1.82) is 0 Å². The number of halogens is 6. The minimum Gasteiger partial charge on any atom is -0.507 e. The lowest BCUT2D eigenvalue weighted by molar-refractivity contribution is 0.0125. The van der Waals surface area contributed by atoms with Crippen LogP contribution in [0.2, 0.25) is 18.1 Å². The summed E-state index contributed by atoms with van der Waals surface area (Å²) in [6.45, 7) is 33.9. The van der Waals surface area contributed by atoms with Gasteiger partial charge in [-0.3, -0.25) is 28.7 Å². The van der Waals surface area contributed by atoms with Crippen LogP contribution < -0.4 is 35.5 Å². The highest BCUT2D eigenvalue weighted by atomic mass is 28.4. The van der Waals surface area contributed by atoms with Crippen LogP contribution in [0, 0.1) is 54.7 Å².